The molecule has 0 fully saturated rings. The molecule has 0 unspecified atom stereocenters. The van der Waals surface area contributed by atoms with Crippen LogP contribution in [0.2, 0.25) is 10.0 Å². The van der Waals surface area contributed by atoms with Crippen molar-refractivity contribution < 1.29 is 14.3 Å². The topological polar surface area (TPSA) is 58.6 Å². The fourth-order valence-corrected chi connectivity index (χ4v) is 3.38. The maximum Gasteiger partial charge on any atom is 0.242 e. The number of nitrogens with one attached hydrogen (secondary N) is 1. The summed E-state index contributed by atoms with van der Waals surface area (Å²) in [4.78, 5) is 27.2. The van der Waals surface area contributed by atoms with Crippen LogP contribution >= 0.6 is 23.2 Å². The normalized spacial score (nSPS) is 11.6. The van der Waals surface area contributed by atoms with Crippen molar-refractivity contribution in [2.45, 2.75) is 52.1 Å². The summed E-state index contributed by atoms with van der Waals surface area (Å²) in [5, 5.41) is 4.16. The SMILES string of the molecule is CCCCNC(=O)[C@@H](C)N(Cc1cccc(Cl)c1)C(=O)CCCOc1ccc(Cl)cc1. The second-order valence-corrected chi connectivity index (χ2v) is 8.25. The molecule has 2 rings (SSSR count). The Labute approximate surface area is 194 Å². The van der Waals surface area contributed by atoms with E-state index in [0.29, 0.717) is 41.9 Å². The van der Waals surface area contributed by atoms with Crippen molar-refractivity contribution in [1.82, 2.24) is 10.2 Å². The molecule has 7 heteroatoms. The quantitative estimate of drug-likeness (QED) is 0.422. The molecule has 0 spiro atoms. The van der Waals surface area contributed by atoms with E-state index < -0.39 is 6.04 Å². The van der Waals surface area contributed by atoms with E-state index in [0.717, 1.165) is 18.4 Å². The number of carbonyl (C=O) groups excluding carboxylic acids is 2. The maximum atomic E-state index is 13.0. The highest BCUT2D eigenvalue weighted by Gasteiger charge is 2.25. The van der Waals surface area contributed by atoms with Crippen molar-refractivity contribution in [3.05, 3.63) is 64.1 Å². The average Bonchev–Trinajstić information content (AvgIpc) is 2.76. The number of amides is 2. The Morgan fingerprint density at radius 3 is 2.48 bits per heavy atom. The van der Waals surface area contributed by atoms with E-state index in [2.05, 4.69) is 12.2 Å². The Hall–Kier alpha value is -2.24. The number of nitrogens with zero attached hydrogens (tertiary/aromatic N) is 1. The van der Waals surface area contributed by atoms with Crippen molar-refractivity contribution in [3.8, 4) is 5.75 Å². The zero-order chi connectivity index (χ0) is 22.6. The molecule has 0 heterocycles. The first-order valence-electron chi connectivity index (χ1n) is 10.6. The van der Waals surface area contributed by atoms with Gasteiger partial charge in [-0.3, -0.25) is 9.59 Å². The molecule has 5 nitrogen and oxygen atoms in total. The molecule has 0 aromatic heterocycles. The van der Waals surface area contributed by atoms with Crippen molar-refractivity contribution >= 4 is 35.0 Å². The Morgan fingerprint density at radius 1 is 1.06 bits per heavy atom. The van der Waals surface area contributed by atoms with Gasteiger partial charge in [-0.05, 0) is 61.7 Å². The molecular weight excluding hydrogens is 435 g/mol. The molecule has 1 atom stereocenters. The fraction of sp³-hybridized carbons (Fsp3) is 0.417. The number of benzene rings is 2. The Bertz CT molecular complexity index is 843. The number of rotatable bonds is 12. The summed E-state index contributed by atoms with van der Waals surface area (Å²) in [5.74, 6) is 0.454. The van der Waals surface area contributed by atoms with E-state index in [9.17, 15) is 9.59 Å². The second kappa shape index (κ2) is 13.2. The van der Waals surface area contributed by atoms with Crippen LogP contribution in [0.3, 0.4) is 0 Å². The minimum atomic E-state index is -0.583. The molecule has 1 N–H and O–H groups in total. The Morgan fingerprint density at radius 2 is 1.81 bits per heavy atom. The van der Waals surface area contributed by atoms with Gasteiger partial charge in [-0.2, -0.15) is 0 Å². The number of unbranched alkanes of at least 4 members (excludes halogenated alkanes) is 1. The highest BCUT2D eigenvalue weighted by Crippen LogP contribution is 2.17. The summed E-state index contributed by atoms with van der Waals surface area (Å²) in [6.07, 6.45) is 2.72. The van der Waals surface area contributed by atoms with E-state index in [4.69, 9.17) is 27.9 Å². The van der Waals surface area contributed by atoms with E-state index in [1.165, 1.54) is 0 Å². The third-order valence-corrected chi connectivity index (χ3v) is 5.34. The van der Waals surface area contributed by atoms with Crippen LogP contribution in [-0.2, 0) is 16.1 Å². The van der Waals surface area contributed by atoms with E-state index in [-0.39, 0.29) is 18.2 Å². The first-order chi connectivity index (χ1) is 14.9. The van der Waals surface area contributed by atoms with Crippen LogP contribution in [0.1, 0.15) is 45.1 Å². The molecule has 0 radical (unpaired) electrons. The van der Waals surface area contributed by atoms with Crippen molar-refractivity contribution in [2.24, 2.45) is 0 Å². The van der Waals surface area contributed by atoms with E-state index >= 15 is 0 Å². The molecule has 0 aliphatic carbocycles. The maximum absolute atomic E-state index is 13.0. The lowest BCUT2D eigenvalue weighted by Gasteiger charge is -2.29. The lowest BCUT2D eigenvalue weighted by molar-refractivity contribution is -0.140. The first kappa shape index (κ1) is 25.0. The molecule has 0 aliphatic heterocycles. The zero-order valence-corrected chi connectivity index (χ0v) is 19.6. The summed E-state index contributed by atoms with van der Waals surface area (Å²) < 4.78 is 5.67. The van der Waals surface area contributed by atoms with Crippen molar-refractivity contribution in [1.29, 1.82) is 0 Å². The van der Waals surface area contributed by atoms with Crippen molar-refractivity contribution in [2.75, 3.05) is 13.2 Å². The number of ether oxygens (including phenoxy) is 1. The number of hydrogen-bond donors (Lipinski definition) is 1. The van der Waals surface area contributed by atoms with Gasteiger partial charge in [0.25, 0.3) is 0 Å². The van der Waals surface area contributed by atoms with E-state index in [1.807, 2.05) is 18.2 Å². The van der Waals surface area contributed by atoms with Gasteiger partial charge in [0, 0.05) is 29.6 Å². The molecule has 0 aliphatic rings. The molecule has 168 valence electrons. The molecular formula is C24H30Cl2N2O3. The second-order valence-electron chi connectivity index (χ2n) is 7.38. The largest absolute Gasteiger partial charge is 0.494 e. The highest BCUT2D eigenvalue weighted by atomic mass is 35.5. The predicted octanol–water partition coefficient (Wildman–Crippen LogP) is 5.49. The van der Waals surface area contributed by atoms with Gasteiger partial charge in [0.2, 0.25) is 11.8 Å². The van der Waals surface area contributed by atoms with Gasteiger partial charge in [0.15, 0.2) is 0 Å². The molecule has 0 bridgehead atoms. The lowest BCUT2D eigenvalue weighted by atomic mass is 10.1. The fourth-order valence-electron chi connectivity index (χ4n) is 3.04. The lowest BCUT2D eigenvalue weighted by Crippen LogP contribution is -2.47. The zero-order valence-electron chi connectivity index (χ0n) is 18.1. The summed E-state index contributed by atoms with van der Waals surface area (Å²) in [5.41, 5.74) is 0.881. The highest BCUT2D eigenvalue weighted by molar-refractivity contribution is 6.30. The first-order valence-corrected chi connectivity index (χ1v) is 11.4. The van der Waals surface area contributed by atoms with Crippen molar-refractivity contribution in [3.63, 3.8) is 0 Å². The molecule has 2 amide bonds. The molecule has 2 aromatic rings. The number of carbonyl (C=O) groups is 2. The van der Waals surface area contributed by atoms with Crippen LogP contribution in [0.25, 0.3) is 0 Å². The molecule has 0 saturated carbocycles. The minimum absolute atomic E-state index is 0.0992. The van der Waals surface area contributed by atoms with E-state index in [1.54, 1.807) is 42.2 Å². The standard InChI is InChI=1S/C24H30Cl2N2O3/c1-3-4-14-27-24(30)18(2)28(17-19-7-5-8-21(26)16-19)23(29)9-6-15-31-22-12-10-20(25)11-13-22/h5,7-8,10-13,16,18H,3-4,6,9,14-15,17H2,1-2H3,(H,27,30)/t18-/m1/s1. The summed E-state index contributed by atoms with van der Waals surface area (Å²) in [6, 6.07) is 13.8. The van der Waals surface area contributed by atoms with Gasteiger partial charge in [-0.15, -0.1) is 0 Å². The van der Waals surface area contributed by atoms with Gasteiger partial charge in [-0.1, -0.05) is 48.7 Å². The Kier molecular flexibility index (Phi) is 10.7. The van der Waals surface area contributed by atoms with Gasteiger partial charge in [-0.25, -0.2) is 0 Å². The van der Waals surface area contributed by atoms with Crippen LogP contribution in [0.5, 0.6) is 5.75 Å². The number of hydrogen-bond acceptors (Lipinski definition) is 3. The summed E-state index contributed by atoms with van der Waals surface area (Å²) in [6.45, 7) is 5.15. The third kappa shape index (κ3) is 8.80. The molecule has 0 saturated heterocycles. The van der Waals surface area contributed by atoms with Gasteiger partial charge < -0.3 is 15.0 Å². The summed E-state index contributed by atoms with van der Waals surface area (Å²) >= 11 is 12.0. The summed E-state index contributed by atoms with van der Waals surface area (Å²) in [7, 11) is 0. The van der Waals surface area contributed by atoms with Crippen LogP contribution in [0.15, 0.2) is 48.5 Å². The third-order valence-electron chi connectivity index (χ3n) is 4.86. The molecule has 31 heavy (non-hydrogen) atoms. The number of halogens is 2. The minimum Gasteiger partial charge on any atom is -0.494 e. The monoisotopic (exact) mass is 464 g/mol. The van der Waals surface area contributed by atoms with Gasteiger partial charge in [0.1, 0.15) is 11.8 Å². The van der Waals surface area contributed by atoms with Gasteiger partial charge in [0.05, 0.1) is 6.61 Å². The average molecular weight is 465 g/mol. The van der Waals surface area contributed by atoms with Gasteiger partial charge >= 0.3 is 0 Å². The molecule has 2 aromatic carbocycles. The van der Waals surface area contributed by atoms with Crippen LogP contribution in [0.4, 0.5) is 0 Å². The predicted molar refractivity (Wildman–Crippen MR) is 126 cm³/mol. The van der Waals surface area contributed by atoms with Crippen LogP contribution in [-0.4, -0.2) is 35.9 Å². The smallest absolute Gasteiger partial charge is 0.242 e. The van der Waals surface area contributed by atoms with Crippen LogP contribution < -0.4 is 10.1 Å². The van der Waals surface area contributed by atoms with Crippen LogP contribution in [0, 0.1) is 0 Å². The Balaban J connectivity index is 1.97.